The molecule has 2 aromatic rings. The SMILES string of the molecule is O=C(Nc1ccc2c(c1)CNCC2)Nc1ccccc1F. The summed E-state index contributed by atoms with van der Waals surface area (Å²) in [7, 11) is 0. The van der Waals surface area contributed by atoms with Crippen LogP contribution >= 0.6 is 0 Å². The summed E-state index contributed by atoms with van der Waals surface area (Å²) in [4.78, 5) is 11.9. The highest BCUT2D eigenvalue weighted by Crippen LogP contribution is 2.19. The van der Waals surface area contributed by atoms with Gasteiger partial charge < -0.3 is 16.0 Å². The number of amides is 2. The summed E-state index contributed by atoms with van der Waals surface area (Å²) in [6.45, 7) is 1.79. The van der Waals surface area contributed by atoms with Crippen LogP contribution in [-0.4, -0.2) is 12.6 Å². The summed E-state index contributed by atoms with van der Waals surface area (Å²) in [5.74, 6) is -0.456. The Hall–Kier alpha value is -2.40. The van der Waals surface area contributed by atoms with Crippen molar-refractivity contribution < 1.29 is 9.18 Å². The summed E-state index contributed by atoms with van der Waals surface area (Å²) in [6, 6.07) is 11.5. The number of halogens is 1. The van der Waals surface area contributed by atoms with Gasteiger partial charge >= 0.3 is 6.03 Å². The summed E-state index contributed by atoms with van der Waals surface area (Å²) >= 11 is 0. The first-order chi connectivity index (χ1) is 10.2. The number of hydrogen-bond donors (Lipinski definition) is 3. The maximum atomic E-state index is 13.5. The molecule has 0 unspecified atom stereocenters. The molecule has 0 atom stereocenters. The fourth-order valence-electron chi connectivity index (χ4n) is 2.41. The normalized spacial score (nSPS) is 13.4. The number of fused-ring (bicyclic) bond motifs is 1. The molecule has 21 heavy (non-hydrogen) atoms. The topological polar surface area (TPSA) is 53.2 Å². The van der Waals surface area contributed by atoms with Crippen molar-refractivity contribution in [2.24, 2.45) is 0 Å². The van der Waals surface area contributed by atoms with Gasteiger partial charge in [0.15, 0.2) is 0 Å². The third-order valence-corrected chi connectivity index (χ3v) is 3.47. The van der Waals surface area contributed by atoms with Crippen LogP contribution in [0.1, 0.15) is 11.1 Å². The molecule has 3 N–H and O–H groups in total. The van der Waals surface area contributed by atoms with Crippen molar-refractivity contribution in [1.82, 2.24) is 5.32 Å². The van der Waals surface area contributed by atoms with Crippen LogP contribution in [0.3, 0.4) is 0 Å². The van der Waals surface area contributed by atoms with E-state index in [1.165, 1.54) is 23.3 Å². The van der Waals surface area contributed by atoms with Crippen molar-refractivity contribution in [2.75, 3.05) is 17.2 Å². The minimum atomic E-state index is -0.456. The van der Waals surface area contributed by atoms with Crippen LogP contribution in [0.15, 0.2) is 42.5 Å². The summed E-state index contributed by atoms with van der Waals surface area (Å²) < 4.78 is 13.5. The van der Waals surface area contributed by atoms with Gasteiger partial charge in [0, 0.05) is 12.2 Å². The summed E-state index contributed by atoms with van der Waals surface area (Å²) in [6.07, 6.45) is 0.997. The lowest BCUT2D eigenvalue weighted by Crippen LogP contribution is -2.24. The lowest BCUT2D eigenvalue weighted by molar-refractivity contribution is 0.262. The molecule has 1 aliphatic rings. The van der Waals surface area contributed by atoms with Crippen molar-refractivity contribution in [3.8, 4) is 0 Å². The molecule has 0 spiro atoms. The predicted octanol–water partition coefficient (Wildman–Crippen LogP) is 3.12. The van der Waals surface area contributed by atoms with Gasteiger partial charge in [0.05, 0.1) is 5.69 Å². The standard InChI is InChI=1S/C16H16FN3O/c17-14-3-1-2-4-15(14)20-16(21)19-13-6-5-11-7-8-18-10-12(11)9-13/h1-6,9,18H,7-8,10H2,(H2,19,20,21). The van der Waals surface area contributed by atoms with Crippen LogP contribution in [0.5, 0.6) is 0 Å². The number of hydrogen-bond acceptors (Lipinski definition) is 2. The number of anilines is 2. The zero-order valence-corrected chi connectivity index (χ0v) is 11.4. The molecule has 2 amide bonds. The van der Waals surface area contributed by atoms with Crippen LogP contribution in [0, 0.1) is 5.82 Å². The van der Waals surface area contributed by atoms with Gasteiger partial charge in [-0.25, -0.2) is 9.18 Å². The lowest BCUT2D eigenvalue weighted by atomic mass is 10.0. The molecular weight excluding hydrogens is 269 g/mol. The largest absolute Gasteiger partial charge is 0.323 e. The van der Waals surface area contributed by atoms with E-state index in [2.05, 4.69) is 16.0 Å². The molecule has 3 rings (SSSR count). The zero-order valence-electron chi connectivity index (χ0n) is 11.4. The average molecular weight is 285 g/mol. The molecule has 0 saturated heterocycles. The summed E-state index contributed by atoms with van der Waals surface area (Å²) in [5.41, 5.74) is 3.35. The number of nitrogens with one attached hydrogen (secondary N) is 3. The number of urea groups is 1. The highest BCUT2D eigenvalue weighted by Gasteiger charge is 2.11. The van der Waals surface area contributed by atoms with Gasteiger partial charge in [0.2, 0.25) is 0 Å². The molecule has 0 aliphatic carbocycles. The van der Waals surface area contributed by atoms with E-state index >= 15 is 0 Å². The zero-order chi connectivity index (χ0) is 14.7. The first-order valence-corrected chi connectivity index (χ1v) is 6.87. The third-order valence-electron chi connectivity index (χ3n) is 3.47. The lowest BCUT2D eigenvalue weighted by Gasteiger charge is -2.18. The van der Waals surface area contributed by atoms with Gasteiger partial charge in [-0.1, -0.05) is 18.2 Å². The van der Waals surface area contributed by atoms with Crippen molar-refractivity contribution in [3.05, 3.63) is 59.4 Å². The molecule has 0 fully saturated rings. The van der Waals surface area contributed by atoms with Crippen molar-refractivity contribution in [3.63, 3.8) is 0 Å². The fourth-order valence-corrected chi connectivity index (χ4v) is 2.41. The molecule has 5 heteroatoms. The smallest absolute Gasteiger partial charge is 0.312 e. The van der Waals surface area contributed by atoms with Gasteiger partial charge in [-0.15, -0.1) is 0 Å². The minimum Gasteiger partial charge on any atom is -0.312 e. The van der Waals surface area contributed by atoms with E-state index < -0.39 is 11.8 Å². The van der Waals surface area contributed by atoms with Crippen molar-refractivity contribution in [1.29, 1.82) is 0 Å². The second kappa shape index (κ2) is 5.93. The number of para-hydroxylation sites is 1. The number of benzene rings is 2. The highest BCUT2D eigenvalue weighted by atomic mass is 19.1. The average Bonchev–Trinajstić information content (AvgIpc) is 2.49. The van der Waals surface area contributed by atoms with Gasteiger partial charge in [0.25, 0.3) is 0 Å². The van der Waals surface area contributed by atoms with E-state index in [1.807, 2.05) is 18.2 Å². The molecular formula is C16H16FN3O. The van der Waals surface area contributed by atoms with Crippen LogP contribution in [0.4, 0.5) is 20.6 Å². The number of rotatable bonds is 2. The molecule has 0 aromatic heterocycles. The maximum absolute atomic E-state index is 13.5. The van der Waals surface area contributed by atoms with Gasteiger partial charge in [-0.3, -0.25) is 0 Å². The van der Waals surface area contributed by atoms with Gasteiger partial charge in [0.1, 0.15) is 5.82 Å². The van der Waals surface area contributed by atoms with E-state index in [-0.39, 0.29) is 5.69 Å². The monoisotopic (exact) mass is 285 g/mol. The van der Waals surface area contributed by atoms with Crippen LogP contribution in [0.25, 0.3) is 0 Å². The molecule has 4 nitrogen and oxygen atoms in total. The maximum Gasteiger partial charge on any atom is 0.323 e. The van der Waals surface area contributed by atoms with E-state index in [0.29, 0.717) is 5.69 Å². The Morgan fingerprint density at radius 2 is 1.95 bits per heavy atom. The second-order valence-corrected chi connectivity index (χ2v) is 4.97. The molecule has 0 radical (unpaired) electrons. The van der Waals surface area contributed by atoms with Crippen LogP contribution < -0.4 is 16.0 Å². The summed E-state index contributed by atoms with van der Waals surface area (Å²) in [5, 5.41) is 8.51. The number of carbonyl (C=O) groups excluding carboxylic acids is 1. The Balaban J connectivity index is 1.69. The Morgan fingerprint density at radius 1 is 1.10 bits per heavy atom. The van der Waals surface area contributed by atoms with Crippen molar-refractivity contribution >= 4 is 17.4 Å². The molecule has 0 saturated carbocycles. The van der Waals surface area contributed by atoms with Crippen molar-refractivity contribution in [2.45, 2.75) is 13.0 Å². The molecule has 1 heterocycles. The van der Waals surface area contributed by atoms with Gasteiger partial charge in [-0.2, -0.15) is 0 Å². The predicted molar refractivity (Wildman–Crippen MR) is 80.9 cm³/mol. The van der Waals surface area contributed by atoms with E-state index in [9.17, 15) is 9.18 Å². The third kappa shape index (κ3) is 3.20. The fraction of sp³-hybridized carbons (Fsp3) is 0.188. The van der Waals surface area contributed by atoms with Crippen LogP contribution in [0.2, 0.25) is 0 Å². The number of carbonyl (C=O) groups is 1. The molecule has 0 bridgehead atoms. The Labute approximate surface area is 122 Å². The van der Waals surface area contributed by atoms with Crippen LogP contribution in [-0.2, 0) is 13.0 Å². The highest BCUT2D eigenvalue weighted by molar-refractivity contribution is 5.99. The second-order valence-electron chi connectivity index (χ2n) is 4.97. The first-order valence-electron chi connectivity index (χ1n) is 6.87. The Bertz CT molecular complexity index is 672. The Kier molecular flexibility index (Phi) is 3.83. The Morgan fingerprint density at radius 3 is 2.81 bits per heavy atom. The van der Waals surface area contributed by atoms with Gasteiger partial charge in [-0.05, 0) is 48.4 Å². The van der Waals surface area contributed by atoms with E-state index in [1.54, 1.807) is 12.1 Å². The van der Waals surface area contributed by atoms with E-state index in [0.717, 1.165) is 19.5 Å². The minimum absolute atomic E-state index is 0.162. The quantitative estimate of drug-likeness (QED) is 0.794. The molecule has 108 valence electrons. The first kappa shape index (κ1) is 13.6. The molecule has 1 aliphatic heterocycles. The molecule has 2 aromatic carbocycles. The van der Waals surface area contributed by atoms with E-state index in [4.69, 9.17) is 0 Å².